The van der Waals surface area contributed by atoms with Crippen LogP contribution >= 0.6 is 0 Å². The van der Waals surface area contributed by atoms with Crippen molar-refractivity contribution in [2.75, 3.05) is 0 Å². The second-order valence-electron chi connectivity index (χ2n) is 6.27. The molecule has 0 atom stereocenters. The highest BCUT2D eigenvalue weighted by Crippen LogP contribution is 2.35. The molecule has 0 aliphatic carbocycles. The molecule has 4 nitrogen and oxygen atoms in total. The molecule has 2 N–H and O–H groups in total. The monoisotopic (exact) mass is 373 g/mol. The number of hydrogen-bond acceptors (Lipinski definition) is 2. The average Bonchev–Trinajstić information content (AvgIpc) is 2.87. The molecule has 0 fully saturated rings. The van der Waals surface area contributed by atoms with Crippen molar-refractivity contribution in [2.45, 2.75) is 26.6 Å². The zero-order valence-electron chi connectivity index (χ0n) is 14.8. The maximum atomic E-state index is 12.8. The number of carbonyl (C=O) groups excluding carboxylic acids is 1. The van der Waals surface area contributed by atoms with Gasteiger partial charge in [-0.05, 0) is 43.7 Å². The van der Waals surface area contributed by atoms with Gasteiger partial charge in [0.15, 0.2) is 0 Å². The number of carbonyl (C=O) groups is 1. The van der Waals surface area contributed by atoms with Crippen LogP contribution in [0.15, 0.2) is 48.7 Å². The van der Waals surface area contributed by atoms with Crippen molar-refractivity contribution in [3.63, 3.8) is 0 Å². The largest absolute Gasteiger partial charge is 0.416 e. The third kappa shape index (κ3) is 3.58. The Morgan fingerprint density at radius 3 is 2.26 bits per heavy atom. The molecule has 0 spiro atoms. The molecule has 0 radical (unpaired) electrons. The summed E-state index contributed by atoms with van der Waals surface area (Å²) in [6.45, 7) is 4.01. The summed E-state index contributed by atoms with van der Waals surface area (Å²) in [5.74, 6) is -0.620. The van der Waals surface area contributed by atoms with Gasteiger partial charge >= 0.3 is 6.18 Å². The molecule has 0 saturated heterocycles. The topological polar surface area (TPSA) is 60.9 Å². The summed E-state index contributed by atoms with van der Waals surface area (Å²) in [4.78, 5) is 16.4. The van der Waals surface area contributed by atoms with Gasteiger partial charge in [-0.25, -0.2) is 0 Å². The van der Waals surface area contributed by atoms with Crippen LogP contribution in [-0.2, 0) is 12.7 Å². The Labute approximate surface area is 154 Å². The average molecular weight is 373 g/mol. The summed E-state index contributed by atoms with van der Waals surface area (Å²) >= 11 is 0. The van der Waals surface area contributed by atoms with E-state index in [0.29, 0.717) is 28.9 Å². The Morgan fingerprint density at radius 2 is 1.74 bits per heavy atom. The van der Waals surface area contributed by atoms with Crippen LogP contribution in [0, 0.1) is 13.8 Å². The first-order valence-electron chi connectivity index (χ1n) is 8.27. The maximum absolute atomic E-state index is 12.8. The minimum atomic E-state index is -4.42. The van der Waals surface area contributed by atoms with E-state index in [0.717, 1.165) is 23.5 Å². The van der Waals surface area contributed by atoms with E-state index >= 15 is 0 Å². The van der Waals surface area contributed by atoms with Crippen molar-refractivity contribution < 1.29 is 18.0 Å². The van der Waals surface area contributed by atoms with Gasteiger partial charge in [-0.2, -0.15) is 13.2 Å². The summed E-state index contributed by atoms with van der Waals surface area (Å²) in [7, 11) is 0. The molecule has 0 aliphatic rings. The van der Waals surface area contributed by atoms with Gasteiger partial charge in [-0.1, -0.05) is 18.2 Å². The van der Waals surface area contributed by atoms with Gasteiger partial charge in [0.25, 0.3) is 5.91 Å². The van der Waals surface area contributed by atoms with Crippen LogP contribution in [0.1, 0.15) is 33.0 Å². The number of halogens is 3. The number of primary amides is 1. The molecule has 0 bridgehead atoms. The summed E-state index contributed by atoms with van der Waals surface area (Å²) < 4.78 is 40.4. The number of aromatic nitrogens is 2. The zero-order chi connectivity index (χ0) is 19.8. The van der Waals surface area contributed by atoms with Crippen molar-refractivity contribution in [1.29, 1.82) is 0 Å². The number of nitrogens with two attached hydrogens (primary N) is 1. The minimum absolute atomic E-state index is 0.309. The molecule has 7 heteroatoms. The number of amides is 1. The van der Waals surface area contributed by atoms with Gasteiger partial charge in [0.1, 0.15) is 0 Å². The fraction of sp³-hybridized carbons (Fsp3) is 0.200. The van der Waals surface area contributed by atoms with Crippen LogP contribution in [0.3, 0.4) is 0 Å². The summed E-state index contributed by atoms with van der Waals surface area (Å²) in [6, 6.07) is 10.3. The van der Waals surface area contributed by atoms with Gasteiger partial charge in [-0.15, -0.1) is 0 Å². The minimum Gasteiger partial charge on any atom is -0.366 e. The molecule has 1 aromatic carbocycles. The first kappa shape index (κ1) is 18.7. The van der Waals surface area contributed by atoms with Crippen molar-refractivity contribution in [3.8, 4) is 11.1 Å². The van der Waals surface area contributed by atoms with E-state index in [1.54, 1.807) is 19.2 Å². The first-order chi connectivity index (χ1) is 12.7. The smallest absolute Gasteiger partial charge is 0.366 e. The molecule has 2 heterocycles. The summed E-state index contributed by atoms with van der Waals surface area (Å²) in [5.41, 5.74) is 8.40. The van der Waals surface area contributed by atoms with E-state index in [4.69, 9.17) is 5.73 Å². The first-order valence-corrected chi connectivity index (χ1v) is 8.27. The molecule has 27 heavy (non-hydrogen) atoms. The van der Waals surface area contributed by atoms with Crippen molar-refractivity contribution in [2.24, 2.45) is 5.73 Å². The molecule has 3 rings (SSSR count). The van der Waals surface area contributed by atoms with E-state index in [-0.39, 0.29) is 0 Å². The molecular formula is C20H18F3N3O. The molecular weight excluding hydrogens is 355 g/mol. The SMILES string of the molecule is Cc1c(C(N)=O)c(-c2ccc(C(F)(F)F)cc2)c(C)n1Cc1ccccn1. The highest BCUT2D eigenvalue weighted by atomic mass is 19.4. The molecule has 140 valence electrons. The predicted octanol–water partition coefficient (Wildman–Crippen LogP) is 4.33. The van der Waals surface area contributed by atoms with Crippen LogP contribution in [0.4, 0.5) is 13.2 Å². The van der Waals surface area contributed by atoms with E-state index in [9.17, 15) is 18.0 Å². The Hall–Kier alpha value is -3.09. The molecule has 0 saturated carbocycles. The third-order valence-electron chi connectivity index (χ3n) is 4.58. The Bertz CT molecular complexity index is 974. The van der Waals surface area contributed by atoms with Crippen LogP contribution in [0.25, 0.3) is 11.1 Å². The second kappa shape index (κ2) is 6.90. The number of nitrogens with zero attached hydrogens (tertiary/aromatic N) is 2. The predicted molar refractivity (Wildman–Crippen MR) is 96.2 cm³/mol. The zero-order valence-corrected chi connectivity index (χ0v) is 14.8. The molecule has 0 aliphatic heterocycles. The van der Waals surface area contributed by atoms with Crippen LogP contribution in [0.5, 0.6) is 0 Å². The Balaban J connectivity index is 2.12. The Morgan fingerprint density at radius 1 is 1.07 bits per heavy atom. The number of hydrogen-bond donors (Lipinski definition) is 1. The normalized spacial score (nSPS) is 11.6. The van der Waals surface area contributed by atoms with Crippen LogP contribution in [-0.4, -0.2) is 15.5 Å². The van der Waals surface area contributed by atoms with E-state index < -0.39 is 17.6 Å². The maximum Gasteiger partial charge on any atom is 0.416 e. The third-order valence-corrected chi connectivity index (χ3v) is 4.58. The summed E-state index contributed by atoms with van der Waals surface area (Å²) in [5, 5.41) is 0. The van der Waals surface area contributed by atoms with E-state index in [1.807, 2.05) is 23.6 Å². The Kier molecular flexibility index (Phi) is 4.78. The van der Waals surface area contributed by atoms with Crippen LogP contribution in [0.2, 0.25) is 0 Å². The lowest BCUT2D eigenvalue weighted by atomic mass is 9.99. The molecule has 0 unspecified atom stereocenters. The molecule has 3 aromatic rings. The van der Waals surface area contributed by atoms with Gasteiger partial charge in [0.2, 0.25) is 0 Å². The van der Waals surface area contributed by atoms with Crippen molar-refractivity contribution in [1.82, 2.24) is 9.55 Å². The number of benzene rings is 1. The number of alkyl halides is 3. The van der Waals surface area contributed by atoms with Crippen molar-refractivity contribution >= 4 is 5.91 Å². The van der Waals surface area contributed by atoms with Gasteiger partial charge in [-0.3, -0.25) is 9.78 Å². The number of rotatable bonds is 4. The van der Waals surface area contributed by atoms with Crippen LogP contribution < -0.4 is 5.73 Å². The van der Waals surface area contributed by atoms with Gasteiger partial charge < -0.3 is 10.3 Å². The number of pyridine rings is 1. The fourth-order valence-corrected chi connectivity index (χ4v) is 3.25. The van der Waals surface area contributed by atoms with Gasteiger partial charge in [0, 0.05) is 23.1 Å². The lowest BCUT2D eigenvalue weighted by Gasteiger charge is -2.10. The van der Waals surface area contributed by atoms with E-state index in [1.165, 1.54) is 12.1 Å². The lowest BCUT2D eigenvalue weighted by molar-refractivity contribution is -0.137. The highest BCUT2D eigenvalue weighted by Gasteiger charge is 2.30. The standard InChI is InChI=1S/C20H18F3N3O/c1-12-17(14-6-8-15(9-7-14)20(21,22)23)18(19(24)27)13(2)26(12)11-16-5-3-4-10-25-16/h3-10H,11H2,1-2H3,(H2,24,27). The highest BCUT2D eigenvalue weighted by molar-refractivity contribution is 6.02. The summed E-state index contributed by atoms with van der Waals surface area (Å²) in [6.07, 6.45) is -2.74. The lowest BCUT2D eigenvalue weighted by Crippen LogP contribution is -2.14. The second-order valence-corrected chi connectivity index (χ2v) is 6.27. The van der Waals surface area contributed by atoms with E-state index in [2.05, 4.69) is 4.98 Å². The van der Waals surface area contributed by atoms with Crippen molar-refractivity contribution in [3.05, 3.63) is 76.9 Å². The molecule has 2 aromatic heterocycles. The van der Waals surface area contributed by atoms with Gasteiger partial charge in [0.05, 0.1) is 23.4 Å². The quantitative estimate of drug-likeness (QED) is 0.740. The fourth-order valence-electron chi connectivity index (χ4n) is 3.25. The molecule has 1 amide bonds.